The summed E-state index contributed by atoms with van der Waals surface area (Å²) in [6.07, 6.45) is 14.1. The maximum atomic E-state index is 13.6. The van der Waals surface area contributed by atoms with E-state index in [2.05, 4.69) is 40.8 Å². The Morgan fingerprint density at radius 2 is 1.29 bits per heavy atom. The molecule has 0 bridgehead atoms. The fraction of sp³-hybridized carbons (Fsp3) is 0.300. The Labute approximate surface area is 336 Å². The molecule has 0 radical (unpaired) electrons. The van der Waals surface area contributed by atoms with Crippen molar-refractivity contribution in [1.29, 1.82) is 0 Å². The van der Waals surface area contributed by atoms with E-state index in [-0.39, 0.29) is 30.7 Å². The highest BCUT2D eigenvalue weighted by Gasteiger charge is 2.42. The molecule has 11 rings (SSSR count). The topological polar surface area (TPSA) is 168 Å². The standard InChI is InChI=1S/C22H20F2N6OS.C18H15N5O2S/c23-22(24)5-8-29(11-22)21(31)13-1-2-16-17(9-13)32-20-18(16)19(25-12-26-20)28-14-4-7-30-15(10-14)3-6-27-30;24-18(25)10-1-2-13-14(7-10)26-17-15(13)16(19-9-20-17)22-11-4-6-23-12(8-11)3-5-21-23/h3-4,6-7,10,12-13H,1-2,5,8-9,11H2,(H,25,26,28);3-6,8-10H,1-2,7H2,(H,24,25)(H,19,20,22)/t13-;10-/m00/s1. The molecule has 2 aliphatic carbocycles. The van der Waals surface area contributed by atoms with Crippen molar-refractivity contribution in [2.45, 2.75) is 50.9 Å². The number of carbonyl (C=O) groups is 2. The zero-order valence-electron chi connectivity index (χ0n) is 30.8. The highest BCUT2D eigenvalue weighted by atomic mass is 32.1. The number of halogens is 2. The average molecular weight is 820 g/mol. The average Bonchev–Trinajstić information content (AvgIpc) is 4.06. The van der Waals surface area contributed by atoms with Gasteiger partial charge in [-0.25, -0.2) is 37.7 Å². The van der Waals surface area contributed by atoms with Gasteiger partial charge in [0.15, 0.2) is 0 Å². The summed E-state index contributed by atoms with van der Waals surface area (Å²) in [7, 11) is 0. The highest BCUT2D eigenvalue weighted by Crippen LogP contribution is 2.42. The zero-order valence-corrected chi connectivity index (χ0v) is 32.4. The predicted molar refractivity (Wildman–Crippen MR) is 217 cm³/mol. The molecule has 1 fully saturated rings. The van der Waals surface area contributed by atoms with Crippen LogP contribution in [0.3, 0.4) is 0 Å². The van der Waals surface area contributed by atoms with Crippen LogP contribution in [0.25, 0.3) is 31.5 Å². The van der Waals surface area contributed by atoms with Crippen molar-refractivity contribution >= 4 is 89.0 Å². The number of carboxylic acids is 1. The largest absolute Gasteiger partial charge is 0.481 e. The molecule has 1 aliphatic heterocycles. The van der Waals surface area contributed by atoms with Crippen LogP contribution in [0.15, 0.2) is 73.8 Å². The number of likely N-dealkylation sites (tertiary alicyclic amines) is 1. The van der Waals surface area contributed by atoms with Gasteiger partial charge >= 0.3 is 5.97 Å². The van der Waals surface area contributed by atoms with Crippen LogP contribution in [0.2, 0.25) is 0 Å². The molecule has 0 saturated carbocycles. The molecule has 8 aromatic heterocycles. The number of pyridine rings is 2. The van der Waals surface area contributed by atoms with Crippen molar-refractivity contribution in [3.8, 4) is 0 Å². The normalized spacial score (nSPS) is 18.6. The van der Waals surface area contributed by atoms with Gasteiger partial charge < -0.3 is 20.6 Å². The van der Waals surface area contributed by atoms with E-state index in [1.165, 1.54) is 10.5 Å². The molecule has 9 heterocycles. The summed E-state index contributed by atoms with van der Waals surface area (Å²) in [6.45, 7) is -0.314. The quantitative estimate of drug-likeness (QED) is 0.154. The number of carbonyl (C=O) groups excluding carboxylic acids is 1. The number of rotatable bonds is 6. The van der Waals surface area contributed by atoms with Crippen LogP contribution in [0.5, 0.6) is 0 Å². The number of aryl methyl sites for hydroxylation is 2. The van der Waals surface area contributed by atoms with E-state index in [1.54, 1.807) is 56.8 Å². The summed E-state index contributed by atoms with van der Waals surface area (Å²) in [5.41, 5.74) is 6.15. The Balaban J connectivity index is 0.000000144. The van der Waals surface area contributed by atoms with E-state index in [9.17, 15) is 23.5 Å². The molecule has 0 spiro atoms. The number of fused-ring (bicyclic) bond motifs is 8. The maximum Gasteiger partial charge on any atom is 0.306 e. The first kappa shape index (κ1) is 36.2. The minimum atomic E-state index is -2.76. The summed E-state index contributed by atoms with van der Waals surface area (Å²) in [5.74, 6) is -2.67. The number of amides is 1. The van der Waals surface area contributed by atoms with Gasteiger partial charge in [0.2, 0.25) is 5.91 Å². The number of aromatic nitrogens is 8. The lowest BCUT2D eigenvalue weighted by Crippen LogP contribution is -2.38. The minimum Gasteiger partial charge on any atom is -0.481 e. The van der Waals surface area contributed by atoms with E-state index >= 15 is 0 Å². The summed E-state index contributed by atoms with van der Waals surface area (Å²) < 4.78 is 30.7. The maximum absolute atomic E-state index is 13.6. The number of alkyl halides is 2. The van der Waals surface area contributed by atoms with Gasteiger partial charge in [-0.15, -0.1) is 22.7 Å². The Morgan fingerprint density at radius 1 is 0.759 bits per heavy atom. The third kappa shape index (κ3) is 6.74. The molecule has 14 nitrogen and oxygen atoms in total. The van der Waals surface area contributed by atoms with Crippen LogP contribution < -0.4 is 10.6 Å². The molecule has 3 aliphatic rings. The van der Waals surface area contributed by atoms with Gasteiger partial charge in [0, 0.05) is 64.8 Å². The number of hydrogen-bond acceptors (Lipinski definition) is 12. The van der Waals surface area contributed by atoms with Gasteiger partial charge in [-0.3, -0.25) is 9.59 Å². The predicted octanol–water partition coefficient (Wildman–Crippen LogP) is 7.33. The lowest BCUT2D eigenvalue weighted by molar-refractivity contribution is -0.142. The van der Waals surface area contributed by atoms with Crippen molar-refractivity contribution in [1.82, 2.24) is 44.1 Å². The number of carboxylic acid groups (broad SMARTS) is 1. The molecule has 3 N–H and O–H groups in total. The third-order valence-electron chi connectivity index (χ3n) is 11.2. The van der Waals surface area contributed by atoms with Gasteiger partial charge in [-0.2, -0.15) is 10.2 Å². The smallest absolute Gasteiger partial charge is 0.306 e. The van der Waals surface area contributed by atoms with Crippen LogP contribution in [-0.2, 0) is 35.3 Å². The lowest BCUT2D eigenvalue weighted by atomic mass is 9.87. The Bertz CT molecular complexity index is 2890. The van der Waals surface area contributed by atoms with Crippen molar-refractivity contribution in [2.75, 3.05) is 23.7 Å². The van der Waals surface area contributed by atoms with Crippen molar-refractivity contribution in [2.24, 2.45) is 11.8 Å². The fourth-order valence-electron chi connectivity index (χ4n) is 8.29. The SMILES string of the molecule is O=C(O)[C@H]1CCc2c(sc3ncnc(Nc4ccn5nccc5c4)c23)C1.O=C([C@H]1CCc2c(sc3ncnc(Nc4ccn5nccc5c4)c23)C1)N1CCC(F)(F)C1. The molecule has 0 unspecified atom stereocenters. The molecule has 18 heteroatoms. The molecule has 2 atom stereocenters. The van der Waals surface area contributed by atoms with Crippen LogP contribution in [0.4, 0.5) is 31.8 Å². The first-order valence-corrected chi connectivity index (χ1v) is 20.6. The van der Waals surface area contributed by atoms with Crippen LogP contribution in [-0.4, -0.2) is 80.1 Å². The molecule has 294 valence electrons. The number of thiophene rings is 2. The number of nitrogens with one attached hydrogen (secondary N) is 2. The van der Waals surface area contributed by atoms with Gasteiger partial charge in [0.05, 0.1) is 34.3 Å². The van der Waals surface area contributed by atoms with Crippen molar-refractivity contribution in [3.63, 3.8) is 0 Å². The number of anilines is 4. The fourth-order valence-corrected chi connectivity index (χ4v) is 10.8. The second-order valence-electron chi connectivity index (χ2n) is 14.9. The third-order valence-corrected chi connectivity index (χ3v) is 13.5. The molecular weight excluding hydrogens is 785 g/mol. The van der Waals surface area contributed by atoms with Crippen LogP contribution in [0, 0.1) is 11.8 Å². The Kier molecular flexibility index (Phi) is 8.96. The summed E-state index contributed by atoms with van der Waals surface area (Å²) >= 11 is 3.15. The van der Waals surface area contributed by atoms with E-state index in [0.29, 0.717) is 32.1 Å². The molecule has 8 aromatic rings. The number of hydrogen-bond donors (Lipinski definition) is 3. The molecule has 0 aromatic carbocycles. The first-order valence-electron chi connectivity index (χ1n) is 19.0. The summed E-state index contributed by atoms with van der Waals surface area (Å²) in [4.78, 5) is 47.3. The molecule has 1 saturated heterocycles. The Hall–Kier alpha value is -6.14. The van der Waals surface area contributed by atoms with Gasteiger partial charge in [0.1, 0.15) is 34.0 Å². The molecule has 58 heavy (non-hydrogen) atoms. The van der Waals surface area contributed by atoms with Gasteiger partial charge in [0.25, 0.3) is 5.92 Å². The van der Waals surface area contributed by atoms with E-state index < -0.39 is 18.4 Å². The summed E-state index contributed by atoms with van der Waals surface area (Å²) in [5, 5.41) is 26.5. The van der Waals surface area contributed by atoms with Crippen LogP contribution >= 0.6 is 22.7 Å². The zero-order chi connectivity index (χ0) is 39.5. The van der Waals surface area contributed by atoms with Gasteiger partial charge in [-0.05, 0) is 86.1 Å². The number of aliphatic carboxylic acids is 1. The lowest BCUT2D eigenvalue weighted by Gasteiger charge is -2.26. The Morgan fingerprint density at radius 3 is 1.81 bits per heavy atom. The second kappa shape index (κ2) is 14.4. The van der Waals surface area contributed by atoms with E-state index in [1.807, 2.05) is 48.8 Å². The van der Waals surface area contributed by atoms with Crippen molar-refractivity contribution < 1.29 is 23.5 Å². The van der Waals surface area contributed by atoms with Gasteiger partial charge in [-0.1, -0.05) is 0 Å². The highest BCUT2D eigenvalue weighted by molar-refractivity contribution is 7.19. The van der Waals surface area contributed by atoms with E-state index in [0.717, 1.165) is 76.2 Å². The van der Waals surface area contributed by atoms with Crippen molar-refractivity contribution in [3.05, 3.63) is 94.7 Å². The first-order chi connectivity index (χ1) is 28.2. The molecule has 1 amide bonds. The van der Waals surface area contributed by atoms with E-state index in [4.69, 9.17) is 0 Å². The monoisotopic (exact) mass is 819 g/mol. The second-order valence-corrected chi connectivity index (χ2v) is 17.0. The minimum absolute atomic E-state index is 0.142. The number of nitrogens with zero attached hydrogens (tertiary/aromatic N) is 9. The van der Waals surface area contributed by atoms with Crippen LogP contribution in [0.1, 0.15) is 40.1 Å². The molecular formula is C40H35F2N11O3S2. The summed E-state index contributed by atoms with van der Waals surface area (Å²) in [6, 6.07) is 11.8.